The Kier molecular flexibility index (Phi) is 70.3. The molecule has 8 fully saturated rings. The van der Waals surface area contributed by atoms with Crippen LogP contribution in [-0.4, -0.2) is 55.9 Å². The normalized spacial score (nSPS) is 22.6. The summed E-state index contributed by atoms with van der Waals surface area (Å²) in [6, 6.07) is 71.5. The molecule has 16 rings (SSSR count). The van der Waals surface area contributed by atoms with Crippen LogP contribution in [0.1, 0.15) is 301 Å². The zero-order valence-corrected chi connectivity index (χ0v) is 103. The number of hydrogen-bond acceptors (Lipinski definition) is 10. The maximum atomic E-state index is 9.44. The van der Waals surface area contributed by atoms with E-state index in [1.807, 2.05) is 0 Å². The zero-order valence-electron chi connectivity index (χ0n) is 84.8. The minimum atomic E-state index is -0.196. The summed E-state index contributed by atoms with van der Waals surface area (Å²) in [5.74, 6) is 9.32. The third-order valence-electron chi connectivity index (χ3n) is 26.0. The molecule has 8 aromatic carbocycles. The molecule has 0 amide bonds. The number of halogens is 8. The Morgan fingerprint density at radius 3 is 0.371 bits per heavy atom. The van der Waals surface area contributed by atoms with Crippen molar-refractivity contribution >= 4 is 11.6 Å². The Morgan fingerprint density at radius 2 is 0.293 bits per heavy atom. The Hall–Kier alpha value is 0.399. The van der Waals surface area contributed by atoms with Crippen molar-refractivity contribution in [3.63, 3.8) is 0 Å². The zero-order chi connectivity index (χ0) is 90.4. The first-order valence-corrected chi connectivity index (χ1v) is 46.6. The first-order chi connectivity index (χ1) is 57.9. The molecule has 0 heterocycles. The number of hydrogen-bond donors (Lipinski definition) is 8. The van der Waals surface area contributed by atoms with E-state index in [-0.39, 0.29) is 319 Å². The van der Waals surface area contributed by atoms with E-state index in [0.717, 1.165) is 51.4 Å². The van der Waals surface area contributed by atoms with Gasteiger partial charge in [0.25, 0.3) is 0 Å². The molecule has 0 spiro atoms. The molecule has 8 bridgehead atoms. The van der Waals surface area contributed by atoms with Gasteiger partial charge < -0.3 is 206 Å². The molecule has 8 aromatic rings. The second-order valence-electron chi connectivity index (χ2n) is 44.7. The van der Waals surface area contributed by atoms with Gasteiger partial charge in [-0.3, -0.25) is 23.7 Å². The molecular weight excluding hydrogens is 2650 g/mol. The monoisotopic (exact) mass is 2800 g/mol. The minimum Gasteiger partial charge on any atom is -1.00 e. The van der Waals surface area contributed by atoms with Gasteiger partial charge in [0.1, 0.15) is 11.6 Å². The van der Waals surface area contributed by atoms with Crippen LogP contribution in [0.25, 0.3) is 0 Å². The number of nitrogens with two attached hydrogens (primary N) is 8. The van der Waals surface area contributed by atoms with Gasteiger partial charge in [0.05, 0.1) is 0 Å². The fraction of sp³-hybridized carbons (Fsp3) is 0.491. The van der Waals surface area contributed by atoms with Crippen molar-refractivity contribution in [1.29, 1.82) is 0 Å². The van der Waals surface area contributed by atoms with Crippen LogP contribution in [0.2, 0.25) is 0 Å². The fourth-order valence-corrected chi connectivity index (χ4v) is 22.2. The molecule has 8 unspecified atom stereocenters. The van der Waals surface area contributed by atoms with Crippen molar-refractivity contribution in [2.45, 2.75) is 307 Å². The molecule has 0 radical (unpaired) electrons. The van der Waals surface area contributed by atoms with Gasteiger partial charge in [-0.2, -0.15) is 0 Å². The standard InChI is InChI=1S/4C27H36N2.2C3H6O.8ClH.8Pd/c4*1-26(2,28)16-19-9-5-7-11-21(19)23-13-18-14-24(25(23)15-18)22-12-8-6-10-20(22)17-27(3,4)29;2*1-3(2)4;;;;;;;;;;;;;;;;/h4*5-14,18,23-25H,15-17,28-29H2,1-4H3;2*1-2H3;8*1H;;;;;;;;/q4*-2;;;;;;;;;;;8*+2/p-8/t4*18?,23-,24+,25?;;;;;;;;;;;;;;;;;;. The summed E-state index contributed by atoms with van der Waals surface area (Å²) < 4.78 is 0. The van der Waals surface area contributed by atoms with Crippen LogP contribution >= 0.6 is 0 Å². The molecule has 10 nitrogen and oxygen atoms in total. The van der Waals surface area contributed by atoms with Crippen LogP contribution < -0.4 is 145 Å². The first-order valence-electron chi connectivity index (χ1n) is 46.6. The van der Waals surface area contributed by atoms with Crippen LogP contribution in [0.5, 0.6) is 0 Å². The average Bonchev–Trinajstić information content (AvgIpc) is 1.62. The summed E-state index contributed by atoms with van der Waals surface area (Å²) in [5, 5.41) is 0. The molecule has 8 aliphatic carbocycles. The number of Topliss-reactive ketones (excluding diaryl/α,β-unsaturated/α-hetero) is 2. The topological polar surface area (TPSA) is 242 Å². The molecule has 16 atom stereocenters. The van der Waals surface area contributed by atoms with Crippen molar-refractivity contribution in [3.05, 3.63) is 335 Å². The molecule has 16 N–H and O–H groups in total. The van der Waals surface area contributed by atoms with Crippen LogP contribution in [-0.2, 0) is 224 Å². The van der Waals surface area contributed by atoms with Gasteiger partial charge in [-0.05, 0) is 234 Å². The van der Waals surface area contributed by atoms with Crippen molar-refractivity contribution in [1.82, 2.24) is 0 Å². The second-order valence-corrected chi connectivity index (χ2v) is 44.7. The van der Waals surface area contributed by atoms with Crippen LogP contribution in [0, 0.1) is 98.7 Å². The molecule has 26 heteroatoms. The molecule has 8 saturated carbocycles. The molecule has 800 valence electrons. The number of carbonyl (C=O) groups is 2. The van der Waals surface area contributed by atoms with E-state index >= 15 is 0 Å². The second kappa shape index (κ2) is 65.2. The molecular formula is C114H156Cl8N8O2Pd8. The van der Waals surface area contributed by atoms with Crippen molar-refractivity contribution in [3.8, 4) is 0 Å². The average molecular weight is 2810 g/mol. The van der Waals surface area contributed by atoms with E-state index < -0.39 is 0 Å². The fourth-order valence-electron chi connectivity index (χ4n) is 22.2. The molecule has 0 aromatic heterocycles. The Balaban J connectivity index is -0.000000401. The van der Waals surface area contributed by atoms with E-state index in [1.54, 1.807) is 0 Å². The predicted octanol–water partition coefficient (Wildman–Crippen LogP) is -2.11. The predicted molar refractivity (Wildman–Crippen MR) is 523 cm³/mol. The Labute approximate surface area is 1010 Å². The molecule has 0 saturated heterocycles. The van der Waals surface area contributed by atoms with Crippen LogP contribution in [0.4, 0.5) is 0 Å². The molecule has 8 aliphatic rings. The maximum absolute atomic E-state index is 9.44. The maximum Gasteiger partial charge on any atom is 2.00 e. The van der Waals surface area contributed by atoms with Gasteiger partial charge in [-0.1, -0.05) is 262 Å². The number of ketones is 2. The van der Waals surface area contributed by atoms with Crippen LogP contribution in [0.15, 0.2) is 194 Å². The van der Waals surface area contributed by atoms with Crippen molar-refractivity contribution in [2.24, 2.45) is 93.2 Å². The number of rotatable bonds is 24. The van der Waals surface area contributed by atoms with E-state index in [4.69, 9.17) is 45.9 Å². The van der Waals surface area contributed by atoms with E-state index in [2.05, 4.69) is 356 Å². The largest absolute Gasteiger partial charge is 2.00 e. The van der Waals surface area contributed by atoms with Gasteiger partial charge >= 0.3 is 163 Å². The smallest absolute Gasteiger partial charge is 1.00 e. The summed E-state index contributed by atoms with van der Waals surface area (Å²) in [6.45, 7) is 40.0. The number of fused-ring (bicyclic) bond motifs is 8. The first kappa shape index (κ1) is 151. The van der Waals surface area contributed by atoms with Gasteiger partial charge in [0.15, 0.2) is 0 Å². The van der Waals surface area contributed by atoms with Gasteiger partial charge in [-0.15, -0.1) is 73.0 Å². The Morgan fingerprint density at radius 1 is 0.207 bits per heavy atom. The number of carbonyl (C=O) groups excluding carboxylic acids is 2. The third kappa shape index (κ3) is 45.2. The summed E-state index contributed by atoms with van der Waals surface area (Å²) in [7, 11) is 0. The number of benzene rings is 8. The summed E-state index contributed by atoms with van der Waals surface area (Å²) in [6.07, 6.45) is 33.0. The molecule has 0 aliphatic heterocycles. The molecule has 140 heavy (non-hydrogen) atoms. The SMILES string of the molecule is CC(C)(N)Cc1ccccc1[C@H]1[CH-]C2[CH-][C@@H](c3ccccc3CC(C)(C)N)C1C2.CC(C)(N)Cc1ccccc1[C@H]1[CH-]C2[CH-][C@@H](c3ccccc3CC(C)(C)N)C1C2.CC(C)(N)Cc1ccccc1[C@H]1[CH-]C2[CH-][C@@H](c3ccccc3CC(C)(C)N)C1C2.CC(C)(N)Cc1ccccc1[C@H]1[CH-]C2[CH-][C@@H](c3ccccc3CC(C)(C)N)C1C2.CC(C)=O.CC(C)=O.[Cl-].[Cl-].[Cl-].[Cl-].[Cl-].[Cl-].[Cl-].[Cl-].[Pd+2].[Pd+2].[Pd+2].[Pd+2].[Pd+2].[Pd+2].[Pd+2].[Pd+2]. The van der Waals surface area contributed by atoms with Crippen molar-refractivity contribution < 1.29 is 272 Å². The third-order valence-corrected chi connectivity index (χ3v) is 26.0. The summed E-state index contributed by atoms with van der Waals surface area (Å²) in [4.78, 5) is 18.9. The van der Waals surface area contributed by atoms with Gasteiger partial charge in [-0.25, -0.2) is 0 Å². The minimum absolute atomic E-state index is 0. The van der Waals surface area contributed by atoms with Crippen molar-refractivity contribution in [2.75, 3.05) is 0 Å². The quantitative estimate of drug-likeness (QED) is 0.0242. The van der Waals surface area contributed by atoms with Gasteiger partial charge in [0, 0.05) is 44.3 Å². The van der Waals surface area contributed by atoms with E-state index in [9.17, 15) is 9.59 Å². The van der Waals surface area contributed by atoms with E-state index in [1.165, 1.54) is 142 Å². The summed E-state index contributed by atoms with van der Waals surface area (Å²) in [5.41, 5.74) is 72.6. The summed E-state index contributed by atoms with van der Waals surface area (Å²) >= 11 is 0. The van der Waals surface area contributed by atoms with E-state index in [0.29, 0.717) is 94.7 Å². The van der Waals surface area contributed by atoms with Crippen LogP contribution in [0.3, 0.4) is 0 Å². The van der Waals surface area contributed by atoms with Gasteiger partial charge in [0.2, 0.25) is 0 Å². The Bertz CT molecular complexity index is 4030.